The molecule has 1 N–H and O–H groups in total. The maximum absolute atomic E-state index is 12.3. The van der Waals surface area contributed by atoms with Crippen molar-refractivity contribution in [3.63, 3.8) is 0 Å². The fourth-order valence-corrected chi connectivity index (χ4v) is 4.89. The van der Waals surface area contributed by atoms with Crippen molar-refractivity contribution >= 4 is 15.9 Å². The molecule has 0 aromatic carbocycles. The first-order valence-corrected chi connectivity index (χ1v) is 10.8. The molecule has 25 heavy (non-hydrogen) atoms. The largest absolute Gasteiger partial charge is 0.354 e. The summed E-state index contributed by atoms with van der Waals surface area (Å²) in [6.07, 6.45) is 7.44. The molecule has 1 saturated heterocycles. The van der Waals surface area contributed by atoms with E-state index >= 15 is 0 Å². The van der Waals surface area contributed by atoms with Gasteiger partial charge in [0.25, 0.3) is 0 Å². The smallest absolute Gasteiger partial charge is 0.238 e. The van der Waals surface area contributed by atoms with Crippen LogP contribution in [0.5, 0.6) is 0 Å². The van der Waals surface area contributed by atoms with Gasteiger partial charge < -0.3 is 5.32 Å². The van der Waals surface area contributed by atoms with E-state index in [2.05, 4.69) is 15.3 Å². The molecule has 2 heterocycles. The lowest BCUT2D eigenvalue weighted by atomic mass is 9.95. The molecule has 2 aliphatic rings. The molecule has 138 valence electrons. The van der Waals surface area contributed by atoms with Gasteiger partial charge in [0.2, 0.25) is 15.9 Å². The summed E-state index contributed by atoms with van der Waals surface area (Å²) in [6.45, 7) is 2.87. The molecule has 0 radical (unpaired) electrons. The van der Waals surface area contributed by atoms with Gasteiger partial charge in [0, 0.05) is 30.9 Å². The Morgan fingerprint density at radius 1 is 1.24 bits per heavy atom. The van der Waals surface area contributed by atoms with Crippen molar-refractivity contribution in [1.82, 2.24) is 19.6 Å². The molecule has 0 saturated carbocycles. The van der Waals surface area contributed by atoms with Gasteiger partial charge in [-0.2, -0.15) is 4.31 Å². The summed E-state index contributed by atoms with van der Waals surface area (Å²) in [5.74, 6) is 0.530. The maximum atomic E-state index is 12.3. The number of nitrogens with zero attached hydrogens (tertiary/aromatic N) is 3. The highest BCUT2D eigenvalue weighted by molar-refractivity contribution is 7.88. The second-order valence-electron chi connectivity index (χ2n) is 6.93. The first kappa shape index (κ1) is 18.3. The number of amides is 1. The lowest BCUT2D eigenvalue weighted by Gasteiger charge is -2.21. The highest BCUT2D eigenvalue weighted by Gasteiger charge is 2.36. The van der Waals surface area contributed by atoms with E-state index in [0.29, 0.717) is 25.9 Å². The van der Waals surface area contributed by atoms with Gasteiger partial charge in [-0.3, -0.25) is 4.79 Å². The zero-order valence-electron chi connectivity index (χ0n) is 14.9. The quantitative estimate of drug-likeness (QED) is 0.830. The number of carbonyl (C=O) groups is 1. The van der Waals surface area contributed by atoms with Crippen LogP contribution in [0.25, 0.3) is 0 Å². The Hall–Kier alpha value is -1.54. The lowest BCUT2D eigenvalue weighted by Crippen LogP contribution is -2.46. The van der Waals surface area contributed by atoms with Gasteiger partial charge >= 0.3 is 0 Å². The van der Waals surface area contributed by atoms with Gasteiger partial charge in [0.1, 0.15) is 11.9 Å². The molecule has 1 amide bonds. The normalized spacial score (nSPS) is 21.1. The highest BCUT2D eigenvalue weighted by atomic mass is 32.2. The summed E-state index contributed by atoms with van der Waals surface area (Å²) in [7, 11) is -3.34. The van der Waals surface area contributed by atoms with Gasteiger partial charge in [-0.1, -0.05) is 0 Å². The number of aryl methyl sites for hydroxylation is 2. The molecule has 1 aromatic heterocycles. The van der Waals surface area contributed by atoms with Crippen LogP contribution in [0.4, 0.5) is 0 Å². The summed E-state index contributed by atoms with van der Waals surface area (Å²) in [4.78, 5) is 21.6. The number of hydrogen-bond donors (Lipinski definition) is 1. The molecule has 1 fully saturated rings. The summed E-state index contributed by atoms with van der Waals surface area (Å²) in [5.41, 5.74) is 3.48. The zero-order valence-corrected chi connectivity index (χ0v) is 15.7. The van der Waals surface area contributed by atoms with Crippen LogP contribution in [-0.2, 0) is 34.1 Å². The van der Waals surface area contributed by atoms with E-state index in [1.54, 1.807) is 0 Å². The van der Waals surface area contributed by atoms with Crippen molar-refractivity contribution in [2.75, 3.05) is 19.3 Å². The third-order valence-electron chi connectivity index (χ3n) is 5.02. The van der Waals surface area contributed by atoms with Crippen molar-refractivity contribution < 1.29 is 13.2 Å². The first-order chi connectivity index (χ1) is 11.9. The minimum atomic E-state index is -3.34. The minimum Gasteiger partial charge on any atom is -0.354 e. The average Bonchev–Trinajstić information content (AvgIpc) is 3.05. The van der Waals surface area contributed by atoms with Gasteiger partial charge in [-0.15, -0.1) is 0 Å². The molecule has 1 aliphatic heterocycles. The third-order valence-corrected chi connectivity index (χ3v) is 6.31. The molecule has 3 rings (SSSR count). The molecule has 7 nitrogen and oxygen atoms in total. The molecule has 1 unspecified atom stereocenters. The Morgan fingerprint density at radius 2 is 2.00 bits per heavy atom. The Morgan fingerprint density at radius 3 is 2.76 bits per heavy atom. The van der Waals surface area contributed by atoms with Crippen LogP contribution >= 0.6 is 0 Å². The number of rotatable bonds is 5. The maximum Gasteiger partial charge on any atom is 0.238 e. The van der Waals surface area contributed by atoms with Crippen molar-refractivity contribution in [3.05, 3.63) is 22.8 Å². The number of sulfonamides is 1. The van der Waals surface area contributed by atoms with Gasteiger partial charge in [0.15, 0.2) is 0 Å². The van der Waals surface area contributed by atoms with Crippen LogP contribution in [0.2, 0.25) is 0 Å². The van der Waals surface area contributed by atoms with E-state index in [1.165, 1.54) is 22.7 Å². The van der Waals surface area contributed by atoms with Crippen LogP contribution in [0.15, 0.2) is 0 Å². The van der Waals surface area contributed by atoms with Crippen molar-refractivity contribution in [1.29, 1.82) is 0 Å². The molecule has 1 atom stereocenters. The predicted octanol–water partition coefficient (Wildman–Crippen LogP) is 0.747. The summed E-state index contributed by atoms with van der Waals surface area (Å²) >= 11 is 0. The van der Waals surface area contributed by atoms with Crippen LogP contribution in [0.3, 0.4) is 0 Å². The van der Waals surface area contributed by atoms with E-state index in [1.807, 2.05) is 6.92 Å². The second-order valence-corrected chi connectivity index (χ2v) is 8.87. The first-order valence-electron chi connectivity index (χ1n) is 8.96. The van der Waals surface area contributed by atoms with Crippen molar-refractivity contribution in [3.8, 4) is 0 Å². The zero-order chi connectivity index (χ0) is 18.0. The number of aromatic nitrogens is 2. The fraction of sp³-hybridized carbons (Fsp3) is 0.706. The van der Waals surface area contributed by atoms with E-state index < -0.39 is 16.1 Å². The molecule has 1 aromatic rings. The van der Waals surface area contributed by atoms with Crippen LogP contribution < -0.4 is 5.32 Å². The number of fused-ring (bicyclic) bond motifs is 1. The molecule has 0 spiro atoms. The van der Waals surface area contributed by atoms with E-state index in [9.17, 15) is 13.2 Å². The topological polar surface area (TPSA) is 92.3 Å². The fourth-order valence-electron chi connectivity index (χ4n) is 3.77. The van der Waals surface area contributed by atoms with Crippen molar-refractivity contribution in [2.45, 2.75) is 57.9 Å². The van der Waals surface area contributed by atoms with Crippen molar-refractivity contribution in [2.24, 2.45) is 0 Å². The second kappa shape index (κ2) is 7.37. The molecular weight excluding hydrogens is 340 g/mol. The van der Waals surface area contributed by atoms with E-state index in [0.717, 1.165) is 42.7 Å². The van der Waals surface area contributed by atoms with E-state index in [-0.39, 0.29) is 5.91 Å². The van der Waals surface area contributed by atoms with Crippen LogP contribution in [0, 0.1) is 6.92 Å². The number of nitrogens with one attached hydrogen (secondary N) is 1. The summed E-state index contributed by atoms with van der Waals surface area (Å²) in [6, 6.07) is -0.582. The lowest BCUT2D eigenvalue weighted by molar-refractivity contribution is -0.124. The SMILES string of the molecule is Cc1nc(CCNC(=O)C2CCCN2S(C)(=O)=O)nc2c1CCCC2. The van der Waals surface area contributed by atoms with E-state index in [4.69, 9.17) is 0 Å². The van der Waals surface area contributed by atoms with Gasteiger partial charge in [-0.25, -0.2) is 18.4 Å². The predicted molar refractivity (Wildman–Crippen MR) is 94.7 cm³/mol. The Labute approximate surface area is 149 Å². The van der Waals surface area contributed by atoms with Gasteiger partial charge in [0.05, 0.1) is 6.26 Å². The van der Waals surface area contributed by atoms with Crippen LogP contribution in [0.1, 0.15) is 48.5 Å². The molecule has 0 bridgehead atoms. The molecule has 1 aliphatic carbocycles. The third kappa shape index (κ3) is 4.17. The number of carbonyl (C=O) groups excluding carboxylic acids is 1. The van der Waals surface area contributed by atoms with Crippen LogP contribution in [-0.4, -0.2) is 54.0 Å². The summed E-state index contributed by atoms with van der Waals surface area (Å²) < 4.78 is 24.8. The standard InChI is InChI=1S/C17H26N4O3S/c1-12-13-6-3-4-7-14(13)20-16(19-12)9-10-18-17(22)15-8-5-11-21(15)25(2,23)24/h15H,3-11H2,1-2H3,(H,18,22). The Balaban J connectivity index is 1.58. The Bertz CT molecular complexity index is 763. The Kier molecular flexibility index (Phi) is 5.38. The highest BCUT2D eigenvalue weighted by Crippen LogP contribution is 2.22. The minimum absolute atomic E-state index is 0.224. The monoisotopic (exact) mass is 366 g/mol. The summed E-state index contributed by atoms with van der Waals surface area (Å²) in [5, 5.41) is 2.85. The van der Waals surface area contributed by atoms with Gasteiger partial charge in [-0.05, 0) is 51.0 Å². The molecule has 8 heteroatoms. The average molecular weight is 366 g/mol. The molecular formula is C17H26N4O3S. The number of hydrogen-bond acceptors (Lipinski definition) is 5.